The molecule has 3 aromatic rings. The fraction of sp³-hybridized carbons (Fsp3) is 0.0625. The van der Waals surface area contributed by atoms with Crippen molar-refractivity contribution in [2.75, 3.05) is 5.43 Å². The molecule has 8 heteroatoms. The van der Waals surface area contributed by atoms with Crippen molar-refractivity contribution in [2.45, 2.75) is 6.54 Å². The van der Waals surface area contributed by atoms with Gasteiger partial charge in [-0.1, -0.05) is 53.5 Å². The number of hydrazine groups is 1. The summed E-state index contributed by atoms with van der Waals surface area (Å²) in [5, 5.41) is 10.5. The van der Waals surface area contributed by atoms with Crippen LogP contribution in [-0.2, 0) is 6.54 Å². The predicted molar refractivity (Wildman–Crippen MR) is 93.9 cm³/mol. The van der Waals surface area contributed by atoms with Crippen LogP contribution in [0, 0.1) is 0 Å². The van der Waals surface area contributed by atoms with Crippen LogP contribution in [0.5, 0.6) is 6.01 Å². The van der Waals surface area contributed by atoms with E-state index in [1.165, 1.54) is 0 Å². The van der Waals surface area contributed by atoms with Crippen molar-refractivity contribution in [1.82, 2.24) is 20.4 Å². The van der Waals surface area contributed by atoms with E-state index in [0.717, 1.165) is 5.56 Å². The maximum Gasteiger partial charge on any atom is 0.319 e. The van der Waals surface area contributed by atoms with E-state index in [4.69, 9.17) is 23.2 Å². The van der Waals surface area contributed by atoms with E-state index in [1.54, 1.807) is 18.2 Å². The second-order valence-corrected chi connectivity index (χ2v) is 5.69. The quantitative estimate of drug-likeness (QED) is 0.601. The van der Waals surface area contributed by atoms with Gasteiger partial charge in [-0.05, 0) is 23.8 Å². The molecule has 3 N–H and O–H groups in total. The van der Waals surface area contributed by atoms with Gasteiger partial charge in [0.05, 0.1) is 10.0 Å². The van der Waals surface area contributed by atoms with E-state index in [2.05, 4.69) is 25.8 Å². The summed E-state index contributed by atoms with van der Waals surface area (Å²) in [5.41, 5.74) is 7.53. The fourth-order valence-electron chi connectivity index (χ4n) is 2.01. The molecule has 0 saturated carbocycles. The Morgan fingerprint density at radius 2 is 1.71 bits per heavy atom. The summed E-state index contributed by atoms with van der Waals surface area (Å²) < 4.78 is 0. The third kappa shape index (κ3) is 4.11. The van der Waals surface area contributed by atoms with Crippen LogP contribution >= 0.6 is 23.2 Å². The van der Waals surface area contributed by atoms with Crippen molar-refractivity contribution in [3.63, 3.8) is 0 Å². The number of anilines is 1. The summed E-state index contributed by atoms with van der Waals surface area (Å²) in [6, 6.07) is 14.4. The largest absolute Gasteiger partial charge is 0.479 e. The highest BCUT2D eigenvalue weighted by Crippen LogP contribution is 2.27. The van der Waals surface area contributed by atoms with E-state index >= 15 is 0 Å². The van der Waals surface area contributed by atoms with Crippen LogP contribution in [0.4, 0.5) is 5.95 Å². The minimum atomic E-state index is -0.393. The average Bonchev–Trinajstić information content (AvgIpc) is 2.58. The molecule has 1 heterocycles. The molecule has 2 aromatic carbocycles. The summed E-state index contributed by atoms with van der Waals surface area (Å²) in [5.74, 6) is 0.476. The van der Waals surface area contributed by atoms with Crippen molar-refractivity contribution >= 4 is 29.2 Å². The topological polar surface area (TPSA) is 83.0 Å². The zero-order chi connectivity index (χ0) is 16.9. The second-order valence-electron chi connectivity index (χ2n) is 4.88. The first-order chi connectivity index (χ1) is 11.6. The number of hydrogen-bond acceptors (Lipinski definition) is 6. The van der Waals surface area contributed by atoms with Crippen LogP contribution in [0.3, 0.4) is 0 Å². The molecule has 0 saturated heterocycles. The van der Waals surface area contributed by atoms with Gasteiger partial charge in [-0.25, -0.2) is 5.43 Å². The van der Waals surface area contributed by atoms with Crippen LogP contribution < -0.4 is 10.9 Å². The van der Waals surface area contributed by atoms with E-state index in [0.29, 0.717) is 22.2 Å². The molecule has 122 valence electrons. The minimum absolute atomic E-state index is 0.194. The van der Waals surface area contributed by atoms with Crippen molar-refractivity contribution in [1.29, 1.82) is 0 Å². The maximum atomic E-state index is 9.71. The number of aromatic hydroxyl groups is 1. The molecule has 1 aromatic heterocycles. The lowest BCUT2D eigenvalue weighted by molar-refractivity contribution is 0.429. The van der Waals surface area contributed by atoms with Crippen molar-refractivity contribution < 1.29 is 5.11 Å². The molecule has 3 rings (SSSR count). The molecule has 0 aliphatic carbocycles. The molecular formula is C16H13Cl2N5O. The van der Waals surface area contributed by atoms with Gasteiger partial charge in [0, 0.05) is 12.1 Å². The Kier molecular flexibility index (Phi) is 5.10. The predicted octanol–water partition coefficient (Wildman–Crippen LogP) is 3.67. The van der Waals surface area contributed by atoms with Crippen LogP contribution in [0.25, 0.3) is 11.4 Å². The van der Waals surface area contributed by atoms with Gasteiger partial charge in [-0.15, -0.1) is 0 Å². The summed E-state index contributed by atoms with van der Waals surface area (Å²) in [4.78, 5) is 12.0. The molecule has 0 bridgehead atoms. The lowest BCUT2D eigenvalue weighted by Crippen LogP contribution is -2.22. The molecule has 24 heavy (non-hydrogen) atoms. The highest BCUT2D eigenvalue weighted by atomic mass is 35.5. The Balaban J connectivity index is 1.75. The van der Waals surface area contributed by atoms with Crippen molar-refractivity contribution in [3.05, 3.63) is 64.1 Å². The molecule has 0 radical (unpaired) electrons. The minimum Gasteiger partial charge on any atom is -0.479 e. The molecule has 0 unspecified atom stereocenters. The molecule has 6 nitrogen and oxygen atoms in total. The van der Waals surface area contributed by atoms with Gasteiger partial charge < -0.3 is 5.11 Å². The third-order valence-electron chi connectivity index (χ3n) is 3.14. The van der Waals surface area contributed by atoms with E-state index in [1.807, 2.05) is 30.3 Å². The van der Waals surface area contributed by atoms with E-state index < -0.39 is 6.01 Å². The number of benzene rings is 2. The molecule has 0 spiro atoms. The Labute approximate surface area is 148 Å². The van der Waals surface area contributed by atoms with Gasteiger partial charge in [-0.3, -0.25) is 5.43 Å². The number of aromatic nitrogens is 3. The Hall–Kier alpha value is -2.41. The van der Waals surface area contributed by atoms with Gasteiger partial charge in [0.15, 0.2) is 5.82 Å². The summed E-state index contributed by atoms with van der Waals surface area (Å²) in [6.07, 6.45) is 0. The zero-order valence-electron chi connectivity index (χ0n) is 12.4. The average molecular weight is 362 g/mol. The summed E-state index contributed by atoms with van der Waals surface area (Å²) in [6.45, 7) is 0.565. The lowest BCUT2D eigenvalue weighted by atomic mass is 10.2. The molecule has 0 aliphatic rings. The number of nitrogens with one attached hydrogen (secondary N) is 2. The maximum absolute atomic E-state index is 9.71. The van der Waals surface area contributed by atoms with Crippen LogP contribution in [-0.4, -0.2) is 20.1 Å². The SMILES string of the molecule is Oc1nc(NNCc2ccccc2)nc(-c2ccc(Cl)c(Cl)c2)n1. The standard InChI is InChI=1S/C16H13Cl2N5O/c17-12-7-6-11(8-13(12)18)14-20-15(22-16(24)21-14)23-19-9-10-4-2-1-3-5-10/h1-8,19H,9H2,(H2,20,21,22,23,24). The van der Waals surface area contributed by atoms with Crippen molar-refractivity contribution in [2.24, 2.45) is 0 Å². The monoisotopic (exact) mass is 361 g/mol. The smallest absolute Gasteiger partial charge is 0.319 e. The lowest BCUT2D eigenvalue weighted by Gasteiger charge is -2.09. The van der Waals surface area contributed by atoms with Gasteiger partial charge in [-0.2, -0.15) is 15.0 Å². The molecular weight excluding hydrogens is 349 g/mol. The van der Waals surface area contributed by atoms with Gasteiger partial charge in [0.25, 0.3) is 0 Å². The summed E-state index contributed by atoms with van der Waals surface area (Å²) in [7, 11) is 0. The van der Waals surface area contributed by atoms with Crippen molar-refractivity contribution in [3.8, 4) is 17.4 Å². The molecule has 0 amide bonds. The molecule has 0 aliphatic heterocycles. The highest BCUT2D eigenvalue weighted by Gasteiger charge is 2.09. The Morgan fingerprint density at radius 3 is 2.46 bits per heavy atom. The normalized spacial score (nSPS) is 10.6. The Bertz CT molecular complexity index is 845. The fourth-order valence-corrected chi connectivity index (χ4v) is 2.30. The van der Waals surface area contributed by atoms with Gasteiger partial charge >= 0.3 is 6.01 Å². The van der Waals surface area contributed by atoms with Crippen LogP contribution in [0.1, 0.15) is 5.56 Å². The Morgan fingerprint density at radius 1 is 0.917 bits per heavy atom. The number of nitrogens with zero attached hydrogens (tertiary/aromatic N) is 3. The third-order valence-corrected chi connectivity index (χ3v) is 3.88. The second kappa shape index (κ2) is 7.44. The van der Waals surface area contributed by atoms with Crippen LogP contribution in [0.2, 0.25) is 10.0 Å². The first-order valence-electron chi connectivity index (χ1n) is 7.05. The first kappa shape index (κ1) is 16.4. The van der Waals surface area contributed by atoms with E-state index in [-0.39, 0.29) is 11.8 Å². The molecule has 0 fully saturated rings. The zero-order valence-corrected chi connectivity index (χ0v) is 13.9. The highest BCUT2D eigenvalue weighted by molar-refractivity contribution is 6.42. The number of halogens is 2. The van der Waals surface area contributed by atoms with E-state index in [9.17, 15) is 5.11 Å². The van der Waals surface area contributed by atoms with Gasteiger partial charge in [0.1, 0.15) is 0 Å². The summed E-state index contributed by atoms with van der Waals surface area (Å²) >= 11 is 11.9. The molecule has 0 atom stereocenters. The number of hydrogen-bond donors (Lipinski definition) is 3. The van der Waals surface area contributed by atoms with Gasteiger partial charge in [0.2, 0.25) is 5.95 Å². The first-order valence-corrected chi connectivity index (χ1v) is 7.80. The number of rotatable bonds is 5. The van der Waals surface area contributed by atoms with Crippen LogP contribution in [0.15, 0.2) is 48.5 Å².